The van der Waals surface area contributed by atoms with Crippen molar-refractivity contribution in [2.75, 3.05) is 19.8 Å². The molecule has 0 heterocycles. The molecule has 0 radical (unpaired) electrons. The molecule has 5 heteroatoms. The number of unbranched alkanes of at least 4 members (excludes halogenated alkanes) is 15. The SMILES string of the molecule is CCCCCCCCO[Si](CCC#N)(OCCCCCCCC)OCCCCCCCC. The molecule has 0 aliphatic heterocycles. The molecule has 0 spiro atoms. The van der Waals surface area contributed by atoms with Crippen molar-refractivity contribution >= 4 is 8.80 Å². The van der Waals surface area contributed by atoms with E-state index in [9.17, 15) is 5.26 Å². The van der Waals surface area contributed by atoms with Gasteiger partial charge in [0.15, 0.2) is 0 Å². The van der Waals surface area contributed by atoms with Gasteiger partial charge in [0, 0.05) is 32.3 Å². The highest BCUT2D eigenvalue weighted by atomic mass is 28.4. The van der Waals surface area contributed by atoms with E-state index in [2.05, 4.69) is 26.8 Å². The van der Waals surface area contributed by atoms with Crippen molar-refractivity contribution in [2.24, 2.45) is 0 Å². The predicted molar refractivity (Wildman–Crippen MR) is 139 cm³/mol. The minimum atomic E-state index is -2.77. The van der Waals surface area contributed by atoms with Gasteiger partial charge in [0.25, 0.3) is 0 Å². The van der Waals surface area contributed by atoms with Crippen LogP contribution in [-0.4, -0.2) is 28.6 Å². The van der Waals surface area contributed by atoms with Gasteiger partial charge in [-0.1, -0.05) is 117 Å². The molecule has 0 unspecified atom stereocenters. The predicted octanol–water partition coefficient (Wildman–Crippen LogP) is 8.97. The van der Waals surface area contributed by atoms with Crippen LogP contribution in [-0.2, 0) is 13.3 Å². The van der Waals surface area contributed by atoms with Crippen LogP contribution in [0.3, 0.4) is 0 Å². The lowest BCUT2D eigenvalue weighted by atomic mass is 10.1. The van der Waals surface area contributed by atoms with Crippen LogP contribution in [0, 0.1) is 11.3 Å². The summed E-state index contributed by atoms with van der Waals surface area (Å²) in [5, 5.41) is 9.21. The van der Waals surface area contributed by atoms with Crippen LogP contribution in [0.5, 0.6) is 0 Å². The third-order valence-electron chi connectivity index (χ3n) is 6.00. The van der Waals surface area contributed by atoms with Gasteiger partial charge in [-0.3, -0.25) is 0 Å². The van der Waals surface area contributed by atoms with Crippen molar-refractivity contribution in [3.8, 4) is 6.07 Å². The summed E-state index contributed by atoms with van der Waals surface area (Å²) >= 11 is 0. The normalized spacial score (nSPS) is 11.7. The Morgan fingerprint density at radius 3 is 1.12 bits per heavy atom. The average Bonchev–Trinajstić information content (AvgIpc) is 2.81. The fourth-order valence-corrected chi connectivity index (χ4v) is 6.35. The van der Waals surface area contributed by atoms with Gasteiger partial charge in [0.05, 0.1) is 6.07 Å². The molecule has 32 heavy (non-hydrogen) atoms. The molecule has 0 rings (SSSR count). The van der Waals surface area contributed by atoms with Gasteiger partial charge in [0.2, 0.25) is 0 Å². The highest BCUT2D eigenvalue weighted by Gasteiger charge is 2.40. The van der Waals surface area contributed by atoms with Gasteiger partial charge in [-0.25, -0.2) is 0 Å². The summed E-state index contributed by atoms with van der Waals surface area (Å²) in [5.74, 6) is 0. The zero-order valence-corrected chi connectivity index (χ0v) is 22.9. The molecule has 0 atom stereocenters. The van der Waals surface area contributed by atoms with Crippen LogP contribution in [0.4, 0.5) is 0 Å². The van der Waals surface area contributed by atoms with E-state index in [1.54, 1.807) is 0 Å². The number of hydrogen-bond donors (Lipinski definition) is 0. The molecule has 0 aliphatic carbocycles. The summed E-state index contributed by atoms with van der Waals surface area (Å²) in [6, 6.07) is 2.92. The maximum Gasteiger partial charge on any atom is 0.502 e. The summed E-state index contributed by atoms with van der Waals surface area (Å²) in [7, 11) is -2.77. The lowest BCUT2D eigenvalue weighted by Gasteiger charge is -2.29. The van der Waals surface area contributed by atoms with Gasteiger partial charge in [-0.05, 0) is 19.3 Å². The summed E-state index contributed by atoms with van der Waals surface area (Å²) in [6.45, 7) is 8.87. The van der Waals surface area contributed by atoms with Crippen molar-refractivity contribution < 1.29 is 13.3 Å². The number of rotatable bonds is 26. The van der Waals surface area contributed by atoms with E-state index in [1.807, 2.05) is 0 Å². The van der Waals surface area contributed by atoms with Crippen LogP contribution in [0.1, 0.15) is 143 Å². The van der Waals surface area contributed by atoms with Crippen molar-refractivity contribution in [3.63, 3.8) is 0 Å². The van der Waals surface area contributed by atoms with Crippen LogP contribution in [0.25, 0.3) is 0 Å². The Balaban J connectivity index is 4.53. The van der Waals surface area contributed by atoms with Gasteiger partial charge in [0.1, 0.15) is 0 Å². The van der Waals surface area contributed by atoms with Crippen molar-refractivity contribution in [2.45, 2.75) is 149 Å². The zero-order chi connectivity index (χ0) is 23.6. The van der Waals surface area contributed by atoms with Crippen LogP contribution in [0.15, 0.2) is 0 Å². The van der Waals surface area contributed by atoms with Gasteiger partial charge in [-0.2, -0.15) is 5.26 Å². The maximum atomic E-state index is 9.21. The van der Waals surface area contributed by atoms with Gasteiger partial charge >= 0.3 is 8.80 Å². The minimum Gasteiger partial charge on any atom is -0.373 e. The fraction of sp³-hybridized carbons (Fsp3) is 0.963. The molecule has 0 aliphatic rings. The molecule has 0 amide bonds. The second-order valence-corrected chi connectivity index (χ2v) is 11.9. The Morgan fingerprint density at radius 1 is 0.500 bits per heavy atom. The Morgan fingerprint density at radius 2 is 0.812 bits per heavy atom. The molecule has 4 nitrogen and oxygen atoms in total. The maximum absolute atomic E-state index is 9.21. The van der Waals surface area contributed by atoms with E-state index in [0.717, 1.165) is 19.3 Å². The zero-order valence-electron chi connectivity index (χ0n) is 21.9. The van der Waals surface area contributed by atoms with Gasteiger partial charge in [-0.15, -0.1) is 0 Å². The largest absolute Gasteiger partial charge is 0.502 e. The standard InChI is InChI=1S/C27H55NO3Si/c1-4-7-10-13-16-19-24-29-32(27-22-23-28,30-25-20-17-14-11-8-5-2)31-26-21-18-15-12-9-6-3/h4-22,24-27H2,1-3H3. The Kier molecular flexibility index (Phi) is 24.9. The molecule has 0 fully saturated rings. The lowest BCUT2D eigenvalue weighted by Crippen LogP contribution is -2.46. The molecular weight excluding hydrogens is 414 g/mol. The Bertz CT molecular complexity index is 369. The molecule has 0 aromatic carbocycles. The average molecular weight is 470 g/mol. The highest BCUT2D eigenvalue weighted by Crippen LogP contribution is 2.21. The van der Waals surface area contributed by atoms with Crippen LogP contribution in [0.2, 0.25) is 6.04 Å². The lowest BCUT2D eigenvalue weighted by molar-refractivity contribution is 0.0555. The molecule has 0 aromatic heterocycles. The number of nitriles is 1. The topological polar surface area (TPSA) is 51.5 Å². The quantitative estimate of drug-likeness (QED) is 0.0936. The van der Waals surface area contributed by atoms with Crippen LogP contribution < -0.4 is 0 Å². The van der Waals surface area contributed by atoms with Gasteiger partial charge < -0.3 is 13.3 Å². The molecule has 0 N–H and O–H groups in total. The van der Waals surface area contributed by atoms with E-state index in [1.165, 1.54) is 96.3 Å². The highest BCUT2D eigenvalue weighted by molar-refractivity contribution is 6.60. The number of nitrogens with zero attached hydrogens (tertiary/aromatic N) is 1. The second-order valence-electron chi connectivity index (χ2n) is 9.19. The summed E-state index contributed by atoms with van der Waals surface area (Å²) < 4.78 is 19.1. The molecule has 0 bridgehead atoms. The summed E-state index contributed by atoms with van der Waals surface area (Å²) in [4.78, 5) is 0. The molecular formula is C27H55NO3Si. The second kappa shape index (κ2) is 25.2. The summed E-state index contributed by atoms with van der Waals surface area (Å²) in [6.07, 6.45) is 22.8. The van der Waals surface area contributed by atoms with Crippen molar-refractivity contribution in [3.05, 3.63) is 0 Å². The fourth-order valence-electron chi connectivity index (χ4n) is 3.88. The first-order valence-electron chi connectivity index (χ1n) is 14.0. The first-order valence-corrected chi connectivity index (χ1v) is 16.0. The monoisotopic (exact) mass is 469 g/mol. The molecule has 190 valence electrons. The Labute approximate surface area is 202 Å². The smallest absolute Gasteiger partial charge is 0.373 e. The summed E-state index contributed by atoms with van der Waals surface area (Å²) in [5.41, 5.74) is 0. The third-order valence-corrected chi connectivity index (χ3v) is 8.80. The van der Waals surface area contributed by atoms with E-state index >= 15 is 0 Å². The van der Waals surface area contributed by atoms with E-state index in [0.29, 0.717) is 32.3 Å². The van der Waals surface area contributed by atoms with Crippen molar-refractivity contribution in [1.82, 2.24) is 0 Å². The minimum absolute atomic E-state index is 0.454. The first kappa shape index (κ1) is 31.6. The molecule has 0 aromatic rings. The number of hydrogen-bond acceptors (Lipinski definition) is 4. The van der Waals surface area contributed by atoms with E-state index in [-0.39, 0.29) is 0 Å². The van der Waals surface area contributed by atoms with E-state index < -0.39 is 8.80 Å². The van der Waals surface area contributed by atoms with E-state index in [4.69, 9.17) is 13.3 Å². The van der Waals surface area contributed by atoms with Crippen molar-refractivity contribution in [1.29, 1.82) is 5.26 Å². The first-order chi connectivity index (χ1) is 15.7. The van der Waals surface area contributed by atoms with Crippen LogP contribution >= 0.6 is 0 Å². The third kappa shape index (κ3) is 20.2. The Hall–Kier alpha value is -0.413. The molecule has 0 saturated heterocycles. The molecule has 0 saturated carbocycles.